The van der Waals surface area contributed by atoms with E-state index in [0.29, 0.717) is 26.5 Å². The van der Waals surface area contributed by atoms with Crippen LogP contribution in [0, 0.1) is 0 Å². The Kier molecular flexibility index (Phi) is 8.46. The fourth-order valence-corrected chi connectivity index (χ4v) is 7.57. The maximum atomic E-state index is 13.2. The average molecular weight is 585 g/mol. The molecule has 0 spiro atoms. The molecule has 2 aromatic heterocycles. The molecule has 0 unspecified atom stereocenters. The number of carbonyl (C=O) groups excluding carboxylic acids is 1. The molecule has 0 amide bonds. The van der Waals surface area contributed by atoms with Crippen LogP contribution in [-0.2, 0) is 21.1 Å². The number of aromatic nitrogens is 2. The average Bonchev–Trinajstić information content (AvgIpc) is 3.37. The standard InChI is InChI=1S/C28H29ClN4O4S2/c29-26-10-11-27(38-26)39(36,37)18-23(34)16-20-4-7-22(8-5-20)33-19-31-25-17-21(6-9-24(25)28(33)35)30-12-15-32-13-2-1-3-14-32/h4-11,17,19,30H,1-3,12-16,18H2. The Labute approximate surface area is 236 Å². The lowest BCUT2D eigenvalue weighted by atomic mass is 10.1. The van der Waals surface area contributed by atoms with Gasteiger partial charge in [-0.15, -0.1) is 11.3 Å². The van der Waals surface area contributed by atoms with Crippen molar-refractivity contribution < 1.29 is 13.2 Å². The number of likely N-dealkylation sites (tertiary alicyclic amines) is 1. The summed E-state index contributed by atoms with van der Waals surface area (Å²) in [7, 11) is -3.73. The molecule has 11 heteroatoms. The molecule has 39 heavy (non-hydrogen) atoms. The lowest BCUT2D eigenvalue weighted by molar-refractivity contribution is -0.116. The summed E-state index contributed by atoms with van der Waals surface area (Å²) >= 11 is 6.76. The topological polar surface area (TPSA) is 101 Å². The number of thiophene rings is 1. The van der Waals surface area contributed by atoms with Gasteiger partial charge in [0.05, 0.1) is 20.9 Å². The molecule has 1 fully saturated rings. The maximum Gasteiger partial charge on any atom is 0.265 e. The number of hydrogen-bond donors (Lipinski definition) is 1. The second kappa shape index (κ2) is 12.0. The first-order valence-electron chi connectivity index (χ1n) is 12.9. The Hall–Kier alpha value is -3.05. The van der Waals surface area contributed by atoms with Gasteiger partial charge in [0, 0.05) is 25.2 Å². The molecule has 0 bridgehead atoms. The maximum absolute atomic E-state index is 13.2. The van der Waals surface area contributed by atoms with Gasteiger partial charge in [-0.1, -0.05) is 30.2 Å². The molecule has 0 saturated carbocycles. The summed E-state index contributed by atoms with van der Waals surface area (Å²) in [5.41, 5.74) is 2.63. The normalized spacial score (nSPS) is 14.5. The monoisotopic (exact) mass is 584 g/mol. The third-order valence-electron chi connectivity index (χ3n) is 6.79. The van der Waals surface area contributed by atoms with E-state index in [1.807, 2.05) is 12.1 Å². The summed E-state index contributed by atoms with van der Waals surface area (Å²) in [6.45, 7) is 4.15. The number of ketones is 1. The number of anilines is 1. The van der Waals surface area contributed by atoms with Crippen LogP contribution in [0.2, 0.25) is 4.34 Å². The highest BCUT2D eigenvalue weighted by Crippen LogP contribution is 2.26. The zero-order valence-corrected chi connectivity index (χ0v) is 23.7. The van der Waals surface area contributed by atoms with Crippen molar-refractivity contribution in [3.63, 3.8) is 0 Å². The zero-order chi connectivity index (χ0) is 27.4. The van der Waals surface area contributed by atoms with Crippen molar-refractivity contribution in [1.29, 1.82) is 0 Å². The van der Waals surface area contributed by atoms with Crippen LogP contribution in [-0.4, -0.2) is 60.6 Å². The highest BCUT2D eigenvalue weighted by molar-refractivity contribution is 7.94. The Morgan fingerprint density at radius 2 is 1.79 bits per heavy atom. The predicted molar refractivity (Wildman–Crippen MR) is 156 cm³/mol. The van der Waals surface area contributed by atoms with Crippen molar-refractivity contribution >= 4 is 55.1 Å². The largest absolute Gasteiger partial charge is 0.384 e. The number of nitrogens with zero attached hydrogens (tertiary/aromatic N) is 3. The van der Waals surface area contributed by atoms with Crippen molar-refractivity contribution in [3.05, 3.63) is 81.2 Å². The molecular weight excluding hydrogens is 556 g/mol. The van der Waals surface area contributed by atoms with E-state index in [4.69, 9.17) is 11.6 Å². The van der Waals surface area contributed by atoms with Crippen LogP contribution >= 0.6 is 22.9 Å². The van der Waals surface area contributed by atoms with Crippen molar-refractivity contribution in [2.75, 3.05) is 37.2 Å². The molecular formula is C28H29ClN4O4S2. The fraction of sp³-hybridized carbons (Fsp3) is 0.321. The minimum absolute atomic E-state index is 0.0307. The molecule has 5 rings (SSSR count). The van der Waals surface area contributed by atoms with Crippen LogP contribution in [0.3, 0.4) is 0 Å². The first kappa shape index (κ1) is 27.5. The molecule has 0 aliphatic carbocycles. The number of benzene rings is 2. The fourth-order valence-electron chi connectivity index (χ4n) is 4.76. The lowest BCUT2D eigenvalue weighted by Gasteiger charge is -2.26. The quantitative estimate of drug-likeness (QED) is 0.291. The Balaban J connectivity index is 1.23. The highest BCUT2D eigenvalue weighted by atomic mass is 35.5. The molecule has 1 N–H and O–H groups in total. The minimum atomic E-state index is -3.73. The molecule has 0 atom stereocenters. The van der Waals surface area contributed by atoms with E-state index in [9.17, 15) is 18.0 Å². The van der Waals surface area contributed by atoms with E-state index < -0.39 is 21.4 Å². The molecule has 1 aliphatic heterocycles. The number of rotatable bonds is 10. The van der Waals surface area contributed by atoms with E-state index in [1.54, 1.807) is 30.3 Å². The lowest BCUT2D eigenvalue weighted by Crippen LogP contribution is -2.33. The minimum Gasteiger partial charge on any atom is -0.384 e. The van der Waals surface area contributed by atoms with E-state index >= 15 is 0 Å². The van der Waals surface area contributed by atoms with Crippen molar-refractivity contribution in [2.45, 2.75) is 29.9 Å². The van der Waals surface area contributed by atoms with Crippen LogP contribution in [0.25, 0.3) is 16.6 Å². The summed E-state index contributed by atoms with van der Waals surface area (Å²) in [5, 5.41) is 3.95. The highest BCUT2D eigenvalue weighted by Gasteiger charge is 2.21. The summed E-state index contributed by atoms with van der Waals surface area (Å²) in [5.74, 6) is -1.01. The zero-order valence-electron chi connectivity index (χ0n) is 21.3. The van der Waals surface area contributed by atoms with Crippen LogP contribution < -0.4 is 10.9 Å². The van der Waals surface area contributed by atoms with Gasteiger partial charge in [0.15, 0.2) is 15.6 Å². The summed E-state index contributed by atoms with van der Waals surface area (Å²) in [4.78, 5) is 32.6. The number of sulfone groups is 1. The van der Waals surface area contributed by atoms with E-state index in [0.717, 1.165) is 43.2 Å². The van der Waals surface area contributed by atoms with Gasteiger partial charge in [-0.3, -0.25) is 14.2 Å². The second-order valence-corrected chi connectivity index (χ2v) is 13.6. The van der Waals surface area contributed by atoms with Crippen LogP contribution in [0.1, 0.15) is 24.8 Å². The van der Waals surface area contributed by atoms with Gasteiger partial charge < -0.3 is 10.2 Å². The van der Waals surface area contributed by atoms with E-state index in [1.165, 1.54) is 42.3 Å². The number of fused-ring (bicyclic) bond motifs is 1. The first-order valence-corrected chi connectivity index (χ1v) is 15.7. The van der Waals surface area contributed by atoms with Gasteiger partial charge in [0.1, 0.15) is 16.3 Å². The Morgan fingerprint density at radius 1 is 1.03 bits per heavy atom. The van der Waals surface area contributed by atoms with Crippen molar-refractivity contribution in [2.24, 2.45) is 0 Å². The molecule has 8 nitrogen and oxygen atoms in total. The van der Waals surface area contributed by atoms with Crippen LogP contribution in [0.4, 0.5) is 5.69 Å². The summed E-state index contributed by atoms with van der Waals surface area (Å²) < 4.78 is 26.8. The number of nitrogens with one attached hydrogen (secondary N) is 1. The SMILES string of the molecule is O=C(Cc1ccc(-n2cnc3cc(NCCN4CCCCC4)ccc3c2=O)cc1)CS(=O)(=O)c1ccc(Cl)s1. The molecule has 3 heterocycles. The Bertz CT molecular complexity index is 1640. The number of carbonyl (C=O) groups is 1. The number of halogens is 1. The molecule has 1 saturated heterocycles. The molecule has 2 aromatic carbocycles. The van der Waals surface area contributed by atoms with Gasteiger partial charge >= 0.3 is 0 Å². The van der Waals surface area contributed by atoms with Crippen LogP contribution in [0.15, 0.2) is 69.9 Å². The van der Waals surface area contributed by atoms with E-state index in [-0.39, 0.29) is 16.2 Å². The second-order valence-electron chi connectivity index (χ2n) is 9.68. The summed E-state index contributed by atoms with van der Waals surface area (Å²) in [6, 6.07) is 15.4. The smallest absolute Gasteiger partial charge is 0.265 e. The van der Waals surface area contributed by atoms with Gasteiger partial charge in [-0.2, -0.15) is 0 Å². The summed E-state index contributed by atoms with van der Waals surface area (Å²) in [6.07, 6.45) is 5.33. The third-order valence-corrected chi connectivity index (χ3v) is 10.3. The number of Topliss-reactive ketones (excluding diaryl/α,β-unsaturated/α-hetero) is 1. The third kappa shape index (κ3) is 6.75. The van der Waals surface area contributed by atoms with Gasteiger partial charge in [-0.05, 0) is 74.0 Å². The Morgan fingerprint density at radius 3 is 2.51 bits per heavy atom. The number of hydrogen-bond acceptors (Lipinski definition) is 8. The van der Waals surface area contributed by atoms with Crippen molar-refractivity contribution in [3.8, 4) is 5.69 Å². The predicted octanol–water partition coefficient (Wildman–Crippen LogP) is 4.58. The molecule has 4 aromatic rings. The van der Waals surface area contributed by atoms with Gasteiger partial charge in [0.2, 0.25) is 0 Å². The van der Waals surface area contributed by atoms with Gasteiger partial charge in [0.25, 0.3) is 5.56 Å². The molecule has 204 valence electrons. The van der Waals surface area contributed by atoms with E-state index in [2.05, 4.69) is 15.2 Å². The first-order chi connectivity index (χ1) is 18.8. The van der Waals surface area contributed by atoms with Crippen LogP contribution in [0.5, 0.6) is 0 Å². The molecule has 0 radical (unpaired) electrons. The molecule has 1 aliphatic rings. The van der Waals surface area contributed by atoms with Crippen molar-refractivity contribution in [1.82, 2.24) is 14.5 Å². The number of piperidine rings is 1. The van der Waals surface area contributed by atoms with Gasteiger partial charge in [-0.25, -0.2) is 13.4 Å².